The van der Waals surface area contributed by atoms with Gasteiger partial charge in [0.25, 0.3) is 11.8 Å². The predicted octanol–water partition coefficient (Wildman–Crippen LogP) is 3.75. The molecule has 48 heavy (non-hydrogen) atoms. The lowest BCUT2D eigenvalue weighted by atomic mass is 9.72. The number of sulfonamides is 1. The Labute approximate surface area is 277 Å². The van der Waals surface area contributed by atoms with Gasteiger partial charge in [0.15, 0.2) is 5.82 Å². The average Bonchev–Trinajstić information content (AvgIpc) is 3.87. The molecule has 6 rings (SSSR count). The fraction of sp³-hybridized carbons (Fsp3) is 0.677. The molecule has 0 bridgehead atoms. The summed E-state index contributed by atoms with van der Waals surface area (Å²) in [6.45, 7) is 5.72. The summed E-state index contributed by atoms with van der Waals surface area (Å²) in [7, 11) is -3.23. The van der Waals surface area contributed by atoms with E-state index in [1.54, 1.807) is 0 Å². The van der Waals surface area contributed by atoms with Crippen molar-refractivity contribution in [3.05, 3.63) is 35.9 Å². The quantitative estimate of drug-likeness (QED) is 0.347. The van der Waals surface area contributed by atoms with Crippen LogP contribution in [0.5, 0.6) is 11.6 Å². The molecule has 4 heterocycles. The predicted molar refractivity (Wildman–Crippen MR) is 167 cm³/mol. The summed E-state index contributed by atoms with van der Waals surface area (Å²) < 4.78 is 93.3. The number of hydrogen-bond donors (Lipinski definition) is 1. The Morgan fingerprint density at radius 1 is 1.17 bits per heavy atom. The molecule has 2 atom stereocenters. The number of ether oxygens (including phenoxy) is 2. The molecule has 1 aromatic heterocycles. The lowest BCUT2D eigenvalue weighted by Crippen LogP contribution is -2.61. The van der Waals surface area contributed by atoms with E-state index in [4.69, 9.17) is 9.47 Å². The standard InChI is InChI=1S/C31H41F4N7O5S/c1-20(2)42(18-31(33,34)35)29(43)25-13-21(32)3-8-26(25)47-28-27(36-19-37-38-28)41-16-30(17-41)9-11-40(12-10-30)14-23-5-4-22(15-46-23)39-48(44,45)24-6-7-24/h3,8,13,19-20,22-24,39H,4-7,9-12,14-18H2,1-2H3/t22-,23+/m1/s1. The number of amides is 1. The van der Waals surface area contributed by atoms with E-state index in [1.807, 2.05) is 4.90 Å². The molecule has 0 radical (unpaired) electrons. The average molecular weight is 700 g/mol. The third-order valence-electron chi connectivity index (χ3n) is 9.58. The zero-order valence-electron chi connectivity index (χ0n) is 27.0. The number of benzene rings is 1. The second-order valence-corrected chi connectivity index (χ2v) is 15.7. The molecule has 12 nitrogen and oxygen atoms in total. The third-order valence-corrected chi connectivity index (χ3v) is 11.6. The van der Waals surface area contributed by atoms with Crippen molar-refractivity contribution in [2.24, 2.45) is 5.41 Å². The molecule has 4 aliphatic rings. The van der Waals surface area contributed by atoms with Gasteiger partial charge in [0, 0.05) is 37.1 Å². The van der Waals surface area contributed by atoms with Gasteiger partial charge in [0.2, 0.25) is 10.0 Å². The first-order valence-corrected chi connectivity index (χ1v) is 17.9. The van der Waals surface area contributed by atoms with Gasteiger partial charge >= 0.3 is 6.18 Å². The number of halogens is 4. The van der Waals surface area contributed by atoms with Crippen LogP contribution in [-0.2, 0) is 14.8 Å². The first-order chi connectivity index (χ1) is 22.7. The number of carbonyl (C=O) groups is 1. The van der Waals surface area contributed by atoms with Crippen LogP contribution in [0.25, 0.3) is 0 Å². The summed E-state index contributed by atoms with van der Waals surface area (Å²) in [4.78, 5) is 22.6. The van der Waals surface area contributed by atoms with Crippen molar-refractivity contribution < 1.29 is 40.2 Å². The van der Waals surface area contributed by atoms with Crippen LogP contribution in [0.2, 0.25) is 0 Å². The van der Waals surface area contributed by atoms with Crippen LogP contribution < -0.4 is 14.4 Å². The zero-order chi connectivity index (χ0) is 34.3. The van der Waals surface area contributed by atoms with E-state index < -0.39 is 40.5 Å². The Balaban J connectivity index is 1.03. The lowest BCUT2D eigenvalue weighted by Gasteiger charge is -2.54. The maximum Gasteiger partial charge on any atom is 0.406 e. The van der Waals surface area contributed by atoms with Gasteiger partial charge in [0.05, 0.1) is 23.5 Å². The number of anilines is 1. The second kappa shape index (κ2) is 13.6. The molecule has 3 aliphatic heterocycles. The molecule has 1 N–H and O–H groups in total. The third kappa shape index (κ3) is 8.17. The van der Waals surface area contributed by atoms with Crippen molar-refractivity contribution >= 4 is 21.7 Å². The number of likely N-dealkylation sites (tertiary alicyclic amines) is 1. The van der Waals surface area contributed by atoms with Crippen LogP contribution in [-0.4, -0.2) is 115 Å². The van der Waals surface area contributed by atoms with Crippen molar-refractivity contribution in [3.8, 4) is 11.6 Å². The van der Waals surface area contributed by atoms with Crippen LogP contribution in [0.1, 0.15) is 62.7 Å². The molecule has 17 heteroatoms. The van der Waals surface area contributed by atoms with E-state index >= 15 is 0 Å². The van der Waals surface area contributed by atoms with Crippen LogP contribution in [0.15, 0.2) is 24.5 Å². The molecule has 0 unspecified atom stereocenters. The smallest absolute Gasteiger partial charge is 0.406 e. The van der Waals surface area contributed by atoms with Crippen LogP contribution in [0, 0.1) is 11.2 Å². The highest BCUT2D eigenvalue weighted by Crippen LogP contribution is 2.44. The number of rotatable bonds is 11. The summed E-state index contributed by atoms with van der Waals surface area (Å²) in [5.74, 6) is -1.64. The highest BCUT2D eigenvalue weighted by atomic mass is 32.2. The summed E-state index contributed by atoms with van der Waals surface area (Å²) in [6, 6.07) is 2.12. The van der Waals surface area contributed by atoms with Gasteiger partial charge in [-0.25, -0.2) is 22.5 Å². The van der Waals surface area contributed by atoms with E-state index in [2.05, 4.69) is 24.8 Å². The first kappa shape index (κ1) is 34.7. The van der Waals surface area contributed by atoms with Crippen LogP contribution in [0.4, 0.5) is 23.4 Å². The molecule has 1 aromatic carbocycles. The van der Waals surface area contributed by atoms with E-state index in [0.29, 0.717) is 30.4 Å². The normalized spacial score (nSPS) is 23.3. The minimum Gasteiger partial charge on any atom is -0.434 e. The highest BCUT2D eigenvalue weighted by Gasteiger charge is 2.47. The zero-order valence-corrected chi connectivity index (χ0v) is 27.8. The van der Waals surface area contributed by atoms with Gasteiger partial charge in [-0.2, -0.15) is 13.2 Å². The molecule has 3 saturated heterocycles. The number of aromatic nitrogens is 3. The van der Waals surface area contributed by atoms with Gasteiger partial charge in [-0.15, -0.1) is 10.2 Å². The SMILES string of the molecule is CC(C)N(CC(F)(F)F)C(=O)c1cc(F)ccc1Oc1nncnc1N1CC2(CCN(C[C@@H]3CC[C@@H](NS(=O)(=O)C4CC4)CO3)CC2)C1. The Kier molecular flexibility index (Phi) is 9.86. The lowest BCUT2D eigenvalue weighted by molar-refractivity contribution is -0.143. The van der Waals surface area contributed by atoms with Gasteiger partial charge in [-0.3, -0.25) is 4.79 Å². The van der Waals surface area contributed by atoms with Crippen molar-refractivity contribution in [3.63, 3.8) is 0 Å². The number of piperidine rings is 1. The van der Waals surface area contributed by atoms with Gasteiger partial charge in [-0.1, -0.05) is 0 Å². The minimum atomic E-state index is -4.65. The molecular formula is C31H41F4N7O5S. The number of carbonyl (C=O) groups excluding carboxylic acids is 1. The summed E-state index contributed by atoms with van der Waals surface area (Å²) in [6.07, 6.45) is 1.62. The highest BCUT2D eigenvalue weighted by molar-refractivity contribution is 7.90. The summed E-state index contributed by atoms with van der Waals surface area (Å²) in [5, 5.41) is 7.62. The van der Waals surface area contributed by atoms with Crippen molar-refractivity contribution in [2.75, 3.05) is 50.8 Å². The van der Waals surface area contributed by atoms with Crippen molar-refractivity contribution in [1.29, 1.82) is 0 Å². The van der Waals surface area contributed by atoms with E-state index in [-0.39, 0.29) is 40.0 Å². The molecule has 1 amide bonds. The topological polar surface area (TPSA) is 130 Å². The number of nitrogens with one attached hydrogen (secondary N) is 1. The van der Waals surface area contributed by atoms with Gasteiger partial charge < -0.3 is 24.2 Å². The maximum absolute atomic E-state index is 14.2. The van der Waals surface area contributed by atoms with Gasteiger partial charge in [-0.05, 0) is 83.7 Å². The molecule has 1 saturated carbocycles. The number of nitrogens with zero attached hydrogens (tertiary/aromatic N) is 6. The maximum atomic E-state index is 14.2. The largest absolute Gasteiger partial charge is 0.434 e. The summed E-state index contributed by atoms with van der Waals surface area (Å²) >= 11 is 0. The molecular weight excluding hydrogens is 658 g/mol. The Morgan fingerprint density at radius 3 is 2.52 bits per heavy atom. The van der Waals surface area contributed by atoms with Crippen LogP contribution >= 0.6 is 0 Å². The van der Waals surface area contributed by atoms with Crippen molar-refractivity contribution in [2.45, 2.75) is 82.0 Å². The summed E-state index contributed by atoms with van der Waals surface area (Å²) in [5.41, 5.74) is -0.306. The first-order valence-electron chi connectivity index (χ1n) is 16.3. The molecule has 264 valence electrons. The van der Waals surface area contributed by atoms with E-state index in [1.165, 1.54) is 26.2 Å². The molecule has 4 fully saturated rings. The molecule has 2 aromatic rings. The molecule has 1 aliphatic carbocycles. The number of hydrogen-bond acceptors (Lipinski definition) is 10. The second-order valence-electron chi connectivity index (χ2n) is 13.7. The minimum absolute atomic E-state index is 0.0375. The Hall–Kier alpha value is -3.15. The van der Waals surface area contributed by atoms with Crippen LogP contribution in [0.3, 0.4) is 0 Å². The monoisotopic (exact) mass is 699 g/mol. The number of alkyl halides is 3. The van der Waals surface area contributed by atoms with Gasteiger partial charge in [0.1, 0.15) is 24.4 Å². The van der Waals surface area contributed by atoms with E-state index in [0.717, 1.165) is 70.3 Å². The Bertz CT molecular complexity index is 1570. The fourth-order valence-corrected chi connectivity index (χ4v) is 8.32. The molecule has 1 spiro atoms. The Morgan fingerprint density at radius 2 is 1.90 bits per heavy atom. The van der Waals surface area contributed by atoms with Crippen molar-refractivity contribution in [1.82, 2.24) is 29.7 Å². The van der Waals surface area contributed by atoms with E-state index in [9.17, 15) is 30.8 Å². The fourth-order valence-electron chi connectivity index (χ4n) is 6.72.